The average Bonchev–Trinajstić information content (AvgIpc) is 3.09. The van der Waals surface area contributed by atoms with Crippen molar-refractivity contribution in [1.29, 1.82) is 0 Å². The second-order valence-corrected chi connectivity index (χ2v) is 5.58. The standard InChI is InChI=1S/C14H15NO2S/c1-10-6-8-17-13(10)14(16)15-7-2-4-11(15)12-5-3-9-18-12/h3,5-6,8-9,11H,2,4,7H2,1H3/t11-/m0/s1. The molecule has 1 aliphatic rings. The van der Waals surface area contributed by atoms with E-state index in [4.69, 9.17) is 4.42 Å². The first-order chi connectivity index (χ1) is 8.77. The van der Waals surface area contributed by atoms with Crippen LogP contribution < -0.4 is 0 Å². The van der Waals surface area contributed by atoms with E-state index in [1.807, 2.05) is 24.0 Å². The molecule has 3 rings (SSSR count). The van der Waals surface area contributed by atoms with Crippen molar-refractivity contribution >= 4 is 17.2 Å². The Balaban J connectivity index is 1.88. The minimum Gasteiger partial charge on any atom is -0.459 e. The van der Waals surface area contributed by atoms with E-state index in [0.717, 1.165) is 24.9 Å². The molecule has 0 unspecified atom stereocenters. The van der Waals surface area contributed by atoms with E-state index in [1.54, 1.807) is 17.6 Å². The van der Waals surface area contributed by atoms with Crippen LogP contribution in [0.5, 0.6) is 0 Å². The molecule has 3 heterocycles. The highest BCUT2D eigenvalue weighted by Crippen LogP contribution is 2.35. The van der Waals surface area contributed by atoms with Gasteiger partial charge in [0, 0.05) is 17.0 Å². The minimum atomic E-state index is 0.0217. The number of thiophene rings is 1. The molecule has 18 heavy (non-hydrogen) atoms. The van der Waals surface area contributed by atoms with E-state index < -0.39 is 0 Å². The summed E-state index contributed by atoms with van der Waals surface area (Å²) in [6.45, 7) is 2.73. The number of likely N-dealkylation sites (tertiary alicyclic amines) is 1. The molecule has 1 atom stereocenters. The summed E-state index contributed by atoms with van der Waals surface area (Å²) in [4.78, 5) is 15.7. The summed E-state index contributed by atoms with van der Waals surface area (Å²) in [5, 5.41) is 2.06. The Morgan fingerprint density at radius 2 is 2.39 bits per heavy atom. The lowest BCUT2D eigenvalue weighted by Gasteiger charge is -2.23. The smallest absolute Gasteiger partial charge is 0.290 e. The Kier molecular flexibility index (Phi) is 2.96. The zero-order chi connectivity index (χ0) is 12.5. The van der Waals surface area contributed by atoms with E-state index in [0.29, 0.717) is 5.76 Å². The van der Waals surface area contributed by atoms with E-state index in [2.05, 4.69) is 11.4 Å². The van der Waals surface area contributed by atoms with Gasteiger partial charge >= 0.3 is 0 Å². The Labute approximate surface area is 110 Å². The lowest BCUT2D eigenvalue weighted by Crippen LogP contribution is -2.30. The molecule has 1 aliphatic heterocycles. The lowest BCUT2D eigenvalue weighted by atomic mass is 10.1. The molecule has 0 saturated carbocycles. The Morgan fingerprint density at radius 1 is 1.50 bits per heavy atom. The van der Waals surface area contributed by atoms with Gasteiger partial charge in [-0.25, -0.2) is 0 Å². The van der Waals surface area contributed by atoms with Crippen LogP contribution >= 0.6 is 11.3 Å². The van der Waals surface area contributed by atoms with Crippen LogP contribution in [0, 0.1) is 6.92 Å². The summed E-state index contributed by atoms with van der Waals surface area (Å²) in [6, 6.07) is 6.21. The van der Waals surface area contributed by atoms with E-state index in [1.165, 1.54) is 4.88 Å². The maximum absolute atomic E-state index is 12.5. The molecule has 3 nitrogen and oxygen atoms in total. The molecular formula is C14H15NO2S. The van der Waals surface area contributed by atoms with Gasteiger partial charge in [0.25, 0.3) is 5.91 Å². The van der Waals surface area contributed by atoms with Crippen molar-refractivity contribution in [2.45, 2.75) is 25.8 Å². The highest BCUT2D eigenvalue weighted by molar-refractivity contribution is 7.10. The summed E-state index contributed by atoms with van der Waals surface area (Å²) in [7, 11) is 0. The Bertz CT molecular complexity index is 544. The van der Waals surface area contributed by atoms with Crippen molar-refractivity contribution < 1.29 is 9.21 Å². The van der Waals surface area contributed by atoms with Gasteiger partial charge in [0.15, 0.2) is 5.76 Å². The average molecular weight is 261 g/mol. The van der Waals surface area contributed by atoms with Crippen LogP contribution in [0.2, 0.25) is 0 Å². The Morgan fingerprint density at radius 3 is 3.06 bits per heavy atom. The number of aryl methyl sites for hydroxylation is 1. The summed E-state index contributed by atoms with van der Waals surface area (Å²) >= 11 is 1.72. The van der Waals surface area contributed by atoms with Gasteiger partial charge in [-0.1, -0.05) is 6.07 Å². The van der Waals surface area contributed by atoms with Gasteiger partial charge in [-0.15, -0.1) is 11.3 Å². The third-order valence-electron chi connectivity index (χ3n) is 3.44. The number of hydrogen-bond donors (Lipinski definition) is 0. The fourth-order valence-electron chi connectivity index (χ4n) is 2.51. The van der Waals surface area contributed by atoms with Crippen LogP contribution in [0.1, 0.15) is 39.9 Å². The molecule has 94 valence electrons. The second kappa shape index (κ2) is 4.61. The van der Waals surface area contributed by atoms with Gasteiger partial charge in [0.05, 0.1) is 12.3 Å². The fourth-order valence-corrected chi connectivity index (χ4v) is 3.38. The molecule has 0 aromatic carbocycles. The van der Waals surface area contributed by atoms with Crippen molar-refractivity contribution in [3.05, 3.63) is 46.0 Å². The van der Waals surface area contributed by atoms with Gasteiger partial charge < -0.3 is 9.32 Å². The normalized spacial score (nSPS) is 19.4. The molecule has 0 bridgehead atoms. The van der Waals surface area contributed by atoms with Gasteiger partial charge in [0.2, 0.25) is 0 Å². The molecule has 1 amide bonds. The molecule has 4 heteroatoms. The van der Waals surface area contributed by atoms with Crippen molar-refractivity contribution in [3.63, 3.8) is 0 Å². The van der Waals surface area contributed by atoms with Crippen molar-refractivity contribution in [2.24, 2.45) is 0 Å². The number of carbonyl (C=O) groups excluding carboxylic acids is 1. The van der Waals surface area contributed by atoms with Gasteiger partial charge in [-0.05, 0) is 37.3 Å². The molecule has 1 fully saturated rings. The van der Waals surface area contributed by atoms with Crippen molar-refractivity contribution in [3.8, 4) is 0 Å². The number of nitrogens with zero attached hydrogens (tertiary/aromatic N) is 1. The van der Waals surface area contributed by atoms with E-state index in [9.17, 15) is 4.79 Å². The van der Waals surface area contributed by atoms with Crippen LogP contribution in [0.15, 0.2) is 34.3 Å². The Hall–Kier alpha value is -1.55. The zero-order valence-electron chi connectivity index (χ0n) is 10.3. The first-order valence-electron chi connectivity index (χ1n) is 6.16. The van der Waals surface area contributed by atoms with Crippen LogP contribution in [0.25, 0.3) is 0 Å². The number of furan rings is 1. The quantitative estimate of drug-likeness (QED) is 0.827. The third kappa shape index (κ3) is 1.86. The number of amides is 1. The summed E-state index contributed by atoms with van der Waals surface area (Å²) in [5.41, 5.74) is 0.914. The first-order valence-corrected chi connectivity index (χ1v) is 7.04. The van der Waals surface area contributed by atoms with Crippen LogP contribution in [0.4, 0.5) is 0 Å². The third-order valence-corrected chi connectivity index (χ3v) is 4.42. The fraction of sp³-hybridized carbons (Fsp3) is 0.357. The number of rotatable bonds is 2. The first kappa shape index (κ1) is 11.5. The topological polar surface area (TPSA) is 33.5 Å². The SMILES string of the molecule is Cc1ccoc1C(=O)N1CCC[C@H]1c1cccs1. The molecule has 0 radical (unpaired) electrons. The molecular weight excluding hydrogens is 246 g/mol. The van der Waals surface area contributed by atoms with E-state index in [-0.39, 0.29) is 11.9 Å². The van der Waals surface area contributed by atoms with Crippen LogP contribution in [-0.2, 0) is 0 Å². The second-order valence-electron chi connectivity index (χ2n) is 4.60. The minimum absolute atomic E-state index is 0.0217. The van der Waals surface area contributed by atoms with E-state index >= 15 is 0 Å². The largest absolute Gasteiger partial charge is 0.459 e. The molecule has 2 aromatic heterocycles. The predicted octanol–water partition coefficient (Wildman–Crippen LogP) is 3.63. The maximum atomic E-state index is 12.5. The predicted molar refractivity (Wildman–Crippen MR) is 70.8 cm³/mol. The molecule has 0 N–H and O–H groups in total. The summed E-state index contributed by atoms with van der Waals surface area (Å²) in [5.74, 6) is 0.506. The number of hydrogen-bond acceptors (Lipinski definition) is 3. The highest BCUT2D eigenvalue weighted by Gasteiger charge is 2.32. The van der Waals surface area contributed by atoms with Crippen LogP contribution in [-0.4, -0.2) is 17.4 Å². The molecule has 1 saturated heterocycles. The molecule has 0 spiro atoms. The highest BCUT2D eigenvalue weighted by atomic mass is 32.1. The summed E-state index contributed by atoms with van der Waals surface area (Å²) < 4.78 is 5.32. The van der Waals surface area contributed by atoms with Gasteiger partial charge in [-0.3, -0.25) is 4.79 Å². The van der Waals surface area contributed by atoms with Crippen molar-refractivity contribution in [2.75, 3.05) is 6.54 Å². The molecule has 2 aromatic rings. The lowest BCUT2D eigenvalue weighted by molar-refractivity contribution is 0.0704. The summed E-state index contributed by atoms with van der Waals surface area (Å²) in [6.07, 6.45) is 3.69. The molecule has 0 aliphatic carbocycles. The number of carbonyl (C=O) groups is 1. The maximum Gasteiger partial charge on any atom is 0.290 e. The monoisotopic (exact) mass is 261 g/mol. The van der Waals surface area contributed by atoms with Gasteiger partial charge in [-0.2, -0.15) is 0 Å². The van der Waals surface area contributed by atoms with Crippen LogP contribution in [0.3, 0.4) is 0 Å². The van der Waals surface area contributed by atoms with Gasteiger partial charge in [0.1, 0.15) is 0 Å². The zero-order valence-corrected chi connectivity index (χ0v) is 11.1. The van der Waals surface area contributed by atoms with Crippen molar-refractivity contribution in [1.82, 2.24) is 4.90 Å².